The monoisotopic (exact) mass is 370 g/mol. The molecular weight excluding hydrogens is 344 g/mol. The molecule has 1 aliphatic carbocycles. The van der Waals surface area contributed by atoms with E-state index in [9.17, 15) is 14.4 Å². The molecule has 7 nitrogen and oxygen atoms in total. The summed E-state index contributed by atoms with van der Waals surface area (Å²) in [7, 11) is 0. The number of hydrogen-bond donors (Lipinski definition) is 2. The topological polar surface area (TPSA) is 93.1 Å². The number of carbonyl (C=O) groups excluding carboxylic acids is 2. The van der Waals surface area contributed by atoms with E-state index in [4.69, 9.17) is 0 Å². The van der Waals surface area contributed by atoms with E-state index in [0.717, 1.165) is 25.7 Å². The summed E-state index contributed by atoms with van der Waals surface area (Å²) in [5.74, 6) is -0.344. The molecule has 1 fully saturated rings. The van der Waals surface area contributed by atoms with Crippen molar-refractivity contribution in [1.82, 2.24) is 20.2 Å². The Morgan fingerprint density at radius 2 is 1.81 bits per heavy atom. The van der Waals surface area contributed by atoms with E-state index >= 15 is 0 Å². The fourth-order valence-electron chi connectivity index (χ4n) is 3.47. The minimum absolute atomic E-state index is 0.0354. The maximum Gasteiger partial charge on any atom is 0.261 e. The van der Waals surface area contributed by atoms with Gasteiger partial charge in [-0.3, -0.25) is 19.0 Å². The molecule has 1 saturated carbocycles. The van der Waals surface area contributed by atoms with E-state index in [1.54, 1.807) is 18.2 Å². The van der Waals surface area contributed by atoms with E-state index in [1.165, 1.54) is 23.7 Å². The minimum atomic E-state index is -0.309. The number of para-hydroxylation sites is 1. The Kier molecular flexibility index (Phi) is 6.57. The highest BCUT2D eigenvalue weighted by Crippen LogP contribution is 2.17. The van der Waals surface area contributed by atoms with Crippen LogP contribution >= 0.6 is 0 Å². The van der Waals surface area contributed by atoms with Crippen molar-refractivity contribution in [2.75, 3.05) is 6.54 Å². The van der Waals surface area contributed by atoms with Gasteiger partial charge in [-0.25, -0.2) is 4.98 Å². The van der Waals surface area contributed by atoms with Crippen LogP contribution in [0.15, 0.2) is 35.4 Å². The van der Waals surface area contributed by atoms with Gasteiger partial charge in [0, 0.05) is 19.0 Å². The molecule has 3 rings (SSSR count). The van der Waals surface area contributed by atoms with Gasteiger partial charge in [0.25, 0.3) is 5.56 Å². The second-order valence-corrected chi connectivity index (χ2v) is 7.05. The van der Waals surface area contributed by atoms with Crippen LogP contribution in [0, 0.1) is 0 Å². The lowest BCUT2D eigenvalue weighted by Gasteiger charge is -2.16. The zero-order chi connectivity index (χ0) is 19.1. The Hall–Kier alpha value is -2.70. The van der Waals surface area contributed by atoms with Gasteiger partial charge in [-0.05, 0) is 25.0 Å². The quantitative estimate of drug-likeness (QED) is 0.758. The first-order valence-corrected chi connectivity index (χ1v) is 9.64. The lowest BCUT2D eigenvalue weighted by atomic mass is 10.1. The van der Waals surface area contributed by atoms with Crippen LogP contribution in [0.2, 0.25) is 0 Å². The van der Waals surface area contributed by atoms with Crippen molar-refractivity contribution in [3.8, 4) is 0 Å². The first-order chi connectivity index (χ1) is 13.1. The average Bonchev–Trinajstić information content (AvgIpc) is 2.93. The predicted molar refractivity (Wildman–Crippen MR) is 103 cm³/mol. The largest absolute Gasteiger partial charge is 0.354 e. The molecule has 2 amide bonds. The average molecular weight is 370 g/mol. The van der Waals surface area contributed by atoms with Gasteiger partial charge in [0.1, 0.15) is 6.54 Å². The van der Waals surface area contributed by atoms with Crippen molar-refractivity contribution in [2.24, 2.45) is 0 Å². The Morgan fingerprint density at radius 1 is 1.07 bits per heavy atom. The van der Waals surface area contributed by atoms with Crippen molar-refractivity contribution in [1.29, 1.82) is 0 Å². The number of nitrogens with one attached hydrogen (secondary N) is 2. The van der Waals surface area contributed by atoms with E-state index in [2.05, 4.69) is 15.6 Å². The van der Waals surface area contributed by atoms with Crippen LogP contribution in [0.25, 0.3) is 10.9 Å². The molecule has 2 N–H and O–H groups in total. The van der Waals surface area contributed by atoms with Gasteiger partial charge in [0.15, 0.2) is 0 Å². The molecule has 0 spiro atoms. The summed E-state index contributed by atoms with van der Waals surface area (Å²) in [6, 6.07) is 7.29. The van der Waals surface area contributed by atoms with Crippen LogP contribution in [0.3, 0.4) is 0 Å². The third-order valence-electron chi connectivity index (χ3n) is 4.94. The number of amides is 2. The first kappa shape index (κ1) is 19.1. The molecule has 144 valence electrons. The summed E-state index contributed by atoms with van der Waals surface area (Å²) >= 11 is 0. The summed E-state index contributed by atoms with van der Waals surface area (Å²) in [6.45, 7) is 0.147. The fourth-order valence-corrected chi connectivity index (χ4v) is 3.47. The molecule has 0 bridgehead atoms. The Morgan fingerprint density at radius 3 is 2.59 bits per heavy atom. The summed E-state index contributed by atoms with van der Waals surface area (Å²) in [5.41, 5.74) is 0.358. The zero-order valence-corrected chi connectivity index (χ0v) is 15.4. The highest BCUT2D eigenvalue weighted by atomic mass is 16.2. The maximum absolute atomic E-state index is 12.4. The molecule has 1 heterocycles. The Labute approximate surface area is 158 Å². The summed E-state index contributed by atoms with van der Waals surface area (Å²) in [6.07, 6.45) is 8.51. The second kappa shape index (κ2) is 9.30. The lowest BCUT2D eigenvalue weighted by molar-refractivity contribution is -0.123. The number of fused-ring (bicyclic) bond motifs is 1. The molecule has 1 aromatic carbocycles. The van der Waals surface area contributed by atoms with Crippen LogP contribution < -0.4 is 16.2 Å². The van der Waals surface area contributed by atoms with Gasteiger partial charge in [-0.1, -0.05) is 37.8 Å². The number of hydrogen-bond acceptors (Lipinski definition) is 4. The lowest BCUT2D eigenvalue weighted by Crippen LogP contribution is -2.38. The van der Waals surface area contributed by atoms with E-state index in [0.29, 0.717) is 10.9 Å². The Bertz CT molecular complexity index is 854. The van der Waals surface area contributed by atoms with Gasteiger partial charge in [0.2, 0.25) is 11.8 Å². The van der Waals surface area contributed by atoms with Gasteiger partial charge in [0.05, 0.1) is 17.2 Å². The third kappa shape index (κ3) is 5.39. The number of nitrogens with zero attached hydrogens (tertiary/aromatic N) is 2. The molecular formula is C20H26N4O3. The SMILES string of the molecule is O=C(Cn1cnc2ccccc2c1=O)NCCC(=O)NC1CCCCCC1. The van der Waals surface area contributed by atoms with Crippen LogP contribution in [0.5, 0.6) is 0 Å². The van der Waals surface area contributed by atoms with Crippen molar-refractivity contribution in [3.63, 3.8) is 0 Å². The maximum atomic E-state index is 12.4. The molecule has 1 aromatic heterocycles. The first-order valence-electron chi connectivity index (χ1n) is 9.64. The summed E-state index contributed by atoms with van der Waals surface area (Å²) < 4.78 is 1.28. The van der Waals surface area contributed by atoms with E-state index in [1.807, 2.05) is 6.07 Å². The van der Waals surface area contributed by atoms with Gasteiger partial charge >= 0.3 is 0 Å². The van der Waals surface area contributed by atoms with Crippen LogP contribution in [0.4, 0.5) is 0 Å². The van der Waals surface area contributed by atoms with Gasteiger partial charge in [-0.2, -0.15) is 0 Å². The minimum Gasteiger partial charge on any atom is -0.354 e. The number of rotatable bonds is 6. The molecule has 0 atom stereocenters. The molecule has 27 heavy (non-hydrogen) atoms. The van der Waals surface area contributed by atoms with E-state index < -0.39 is 0 Å². The molecule has 7 heteroatoms. The summed E-state index contributed by atoms with van der Waals surface area (Å²) in [4.78, 5) is 40.7. The van der Waals surface area contributed by atoms with Crippen molar-refractivity contribution >= 4 is 22.7 Å². The zero-order valence-electron chi connectivity index (χ0n) is 15.4. The highest BCUT2D eigenvalue weighted by molar-refractivity contribution is 5.80. The number of carbonyl (C=O) groups is 2. The van der Waals surface area contributed by atoms with Crippen LogP contribution in [-0.4, -0.2) is 34.0 Å². The van der Waals surface area contributed by atoms with Gasteiger partial charge in [-0.15, -0.1) is 0 Å². The molecule has 1 aliphatic rings. The number of benzene rings is 1. The Balaban J connectivity index is 1.45. The highest BCUT2D eigenvalue weighted by Gasteiger charge is 2.15. The molecule has 0 unspecified atom stereocenters. The van der Waals surface area contributed by atoms with E-state index in [-0.39, 0.29) is 42.9 Å². The predicted octanol–water partition coefficient (Wildman–Crippen LogP) is 1.74. The van der Waals surface area contributed by atoms with Gasteiger partial charge < -0.3 is 10.6 Å². The molecule has 2 aromatic rings. The second-order valence-electron chi connectivity index (χ2n) is 7.05. The third-order valence-corrected chi connectivity index (χ3v) is 4.94. The molecule has 0 radical (unpaired) electrons. The standard InChI is InChI=1S/C20H26N4O3/c25-18(23-15-7-3-1-2-4-8-15)11-12-21-19(26)13-24-14-22-17-10-6-5-9-16(17)20(24)27/h5-6,9-10,14-15H,1-4,7-8,11-13H2,(H,21,26)(H,23,25). The molecule has 0 saturated heterocycles. The number of aromatic nitrogens is 2. The molecule has 0 aliphatic heterocycles. The van der Waals surface area contributed by atoms with Crippen molar-refractivity contribution in [2.45, 2.75) is 57.5 Å². The normalized spacial score (nSPS) is 15.3. The smallest absolute Gasteiger partial charge is 0.261 e. The van der Waals surface area contributed by atoms with Crippen molar-refractivity contribution in [3.05, 3.63) is 40.9 Å². The fraction of sp³-hybridized carbons (Fsp3) is 0.500. The van der Waals surface area contributed by atoms with Crippen LogP contribution in [-0.2, 0) is 16.1 Å². The summed E-state index contributed by atoms with van der Waals surface area (Å²) in [5, 5.41) is 6.24. The van der Waals surface area contributed by atoms with Crippen LogP contribution in [0.1, 0.15) is 44.9 Å². The van der Waals surface area contributed by atoms with Crippen molar-refractivity contribution < 1.29 is 9.59 Å².